The molecule has 4 heteroatoms. The topological polar surface area (TPSA) is 77.1 Å². The minimum Gasteiger partial charge on any atom is -0.464 e. The van der Waals surface area contributed by atoms with E-state index >= 15 is 0 Å². The number of nitrogens with one attached hydrogen (secondary N) is 1. The van der Waals surface area contributed by atoms with Crippen molar-refractivity contribution in [2.75, 3.05) is 5.73 Å². The first kappa shape index (κ1) is 9.91. The Morgan fingerprint density at radius 1 is 1.47 bits per heavy atom. The van der Waals surface area contributed by atoms with Crippen LogP contribution in [-0.4, -0.2) is 0 Å². The first-order valence-electron chi connectivity index (χ1n) is 5.59. The number of nitrogens with two attached hydrogens (primary N) is 1. The minimum atomic E-state index is 0.420. The summed E-state index contributed by atoms with van der Waals surface area (Å²) in [5, 5.41) is 9.15. The Bertz CT molecular complexity index is 592. The smallest absolute Gasteiger partial charge is 0.289 e. The van der Waals surface area contributed by atoms with Gasteiger partial charge in [0.1, 0.15) is 17.5 Å². The predicted octanol–water partition coefficient (Wildman–Crippen LogP) is 2.09. The van der Waals surface area contributed by atoms with Crippen molar-refractivity contribution in [3.63, 3.8) is 0 Å². The van der Waals surface area contributed by atoms with Gasteiger partial charge in [-0.1, -0.05) is 0 Å². The van der Waals surface area contributed by atoms with Crippen molar-refractivity contribution in [1.29, 1.82) is 5.26 Å². The first-order chi connectivity index (χ1) is 8.29. The standard InChI is InChI=1S/C13H11N3O/c14-7-10-9(12-2-1-5-17-12)6-11(8-3-4-8)16-13(10)15/h1-2,5-6,8H,3-4H2,(H2,15,16)/p+1. The quantitative estimate of drug-likeness (QED) is 0.851. The fourth-order valence-electron chi connectivity index (χ4n) is 1.99. The molecule has 3 N–H and O–H groups in total. The van der Waals surface area contributed by atoms with E-state index in [1.807, 2.05) is 12.1 Å². The molecule has 0 aromatic carbocycles. The predicted molar refractivity (Wildman–Crippen MR) is 61.8 cm³/mol. The maximum absolute atomic E-state index is 9.15. The molecule has 17 heavy (non-hydrogen) atoms. The van der Waals surface area contributed by atoms with Crippen LogP contribution in [0.2, 0.25) is 0 Å². The SMILES string of the molecule is N#Cc1c(-c2ccco2)cc(C2CC2)[nH+]c1N. The molecule has 2 aromatic heterocycles. The second-order valence-electron chi connectivity index (χ2n) is 4.29. The highest BCUT2D eigenvalue weighted by molar-refractivity contribution is 5.70. The molecule has 1 aliphatic rings. The van der Waals surface area contributed by atoms with E-state index in [1.165, 1.54) is 12.8 Å². The van der Waals surface area contributed by atoms with Gasteiger partial charge in [-0.15, -0.1) is 0 Å². The third kappa shape index (κ3) is 1.66. The molecule has 0 unspecified atom stereocenters. The van der Waals surface area contributed by atoms with Gasteiger partial charge < -0.3 is 4.42 Å². The number of pyridine rings is 1. The van der Waals surface area contributed by atoms with E-state index < -0.39 is 0 Å². The van der Waals surface area contributed by atoms with E-state index in [0.717, 1.165) is 11.3 Å². The molecular formula is C13H12N3O+. The van der Waals surface area contributed by atoms with Crippen LogP contribution in [0.3, 0.4) is 0 Å². The van der Waals surface area contributed by atoms with Crippen LogP contribution in [-0.2, 0) is 0 Å². The Labute approximate surface area is 98.7 Å². The van der Waals surface area contributed by atoms with Crippen LogP contribution >= 0.6 is 0 Å². The van der Waals surface area contributed by atoms with E-state index in [9.17, 15) is 0 Å². The summed E-state index contributed by atoms with van der Waals surface area (Å²) in [6.07, 6.45) is 3.96. The summed E-state index contributed by atoms with van der Waals surface area (Å²) in [6.45, 7) is 0. The fourth-order valence-corrected chi connectivity index (χ4v) is 1.99. The van der Waals surface area contributed by atoms with Crippen molar-refractivity contribution < 1.29 is 9.40 Å². The van der Waals surface area contributed by atoms with Gasteiger partial charge in [0.15, 0.2) is 5.56 Å². The van der Waals surface area contributed by atoms with E-state index in [1.54, 1.807) is 12.3 Å². The lowest BCUT2D eigenvalue weighted by Gasteiger charge is -2.03. The van der Waals surface area contributed by atoms with E-state index in [2.05, 4.69) is 11.1 Å². The van der Waals surface area contributed by atoms with Gasteiger partial charge in [0.05, 0.1) is 6.26 Å². The van der Waals surface area contributed by atoms with Crippen molar-refractivity contribution in [2.24, 2.45) is 0 Å². The molecule has 1 saturated carbocycles. The number of nitrogens with zero attached hydrogens (tertiary/aromatic N) is 1. The molecule has 0 saturated heterocycles. The van der Waals surface area contributed by atoms with Gasteiger partial charge in [-0.05, 0) is 31.0 Å². The average Bonchev–Trinajstić information content (AvgIpc) is 3.04. The fraction of sp³-hybridized carbons (Fsp3) is 0.231. The van der Waals surface area contributed by atoms with Crippen LogP contribution in [0.1, 0.15) is 30.0 Å². The molecule has 0 radical (unpaired) electrons. The van der Waals surface area contributed by atoms with Gasteiger partial charge in [-0.25, -0.2) is 4.98 Å². The van der Waals surface area contributed by atoms with E-state index in [-0.39, 0.29) is 0 Å². The van der Waals surface area contributed by atoms with Gasteiger partial charge in [-0.3, -0.25) is 5.73 Å². The van der Waals surface area contributed by atoms with Gasteiger partial charge in [0, 0.05) is 11.5 Å². The van der Waals surface area contributed by atoms with Crippen LogP contribution in [0.5, 0.6) is 0 Å². The highest BCUT2D eigenvalue weighted by Crippen LogP contribution is 2.40. The molecular weight excluding hydrogens is 214 g/mol. The van der Waals surface area contributed by atoms with Gasteiger partial charge >= 0.3 is 0 Å². The molecule has 84 valence electrons. The number of aromatic amines is 1. The Kier molecular flexibility index (Phi) is 2.12. The summed E-state index contributed by atoms with van der Waals surface area (Å²) in [4.78, 5) is 3.10. The maximum Gasteiger partial charge on any atom is 0.289 e. The van der Waals surface area contributed by atoms with Crippen molar-refractivity contribution in [3.8, 4) is 17.4 Å². The highest BCUT2D eigenvalue weighted by atomic mass is 16.3. The summed E-state index contributed by atoms with van der Waals surface area (Å²) < 4.78 is 5.35. The number of hydrogen-bond acceptors (Lipinski definition) is 3. The Hall–Kier alpha value is -2.28. The third-order valence-corrected chi connectivity index (χ3v) is 3.03. The normalized spacial score (nSPS) is 14.5. The molecule has 0 amide bonds. The molecule has 2 aromatic rings. The van der Waals surface area contributed by atoms with Crippen LogP contribution < -0.4 is 10.7 Å². The van der Waals surface area contributed by atoms with E-state index in [0.29, 0.717) is 23.1 Å². The molecule has 0 bridgehead atoms. The zero-order chi connectivity index (χ0) is 11.8. The molecule has 0 aliphatic heterocycles. The van der Waals surface area contributed by atoms with Gasteiger partial charge in [-0.2, -0.15) is 5.26 Å². The Morgan fingerprint density at radius 2 is 2.29 bits per heavy atom. The summed E-state index contributed by atoms with van der Waals surface area (Å²) in [5.41, 5.74) is 8.20. The second-order valence-corrected chi connectivity index (χ2v) is 4.29. The maximum atomic E-state index is 9.15. The Balaban J connectivity index is 2.20. The number of nitriles is 1. The van der Waals surface area contributed by atoms with Crippen molar-refractivity contribution >= 4 is 5.82 Å². The largest absolute Gasteiger partial charge is 0.464 e. The molecule has 4 nitrogen and oxygen atoms in total. The lowest BCUT2D eigenvalue weighted by molar-refractivity contribution is -0.373. The summed E-state index contributed by atoms with van der Waals surface area (Å²) in [7, 11) is 0. The monoisotopic (exact) mass is 226 g/mol. The number of rotatable bonds is 2. The number of anilines is 1. The summed E-state index contributed by atoms with van der Waals surface area (Å²) >= 11 is 0. The molecule has 2 heterocycles. The van der Waals surface area contributed by atoms with Gasteiger partial charge in [0.2, 0.25) is 0 Å². The number of hydrogen-bond donors (Lipinski definition) is 1. The molecule has 0 spiro atoms. The third-order valence-electron chi connectivity index (χ3n) is 3.03. The minimum absolute atomic E-state index is 0.420. The molecule has 3 rings (SSSR count). The summed E-state index contributed by atoms with van der Waals surface area (Å²) in [5.74, 6) is 1.66. The van der Waals surface area contributed by atoms with Crippen LogP contribution in [0.15, 0.2) is 28.9 Å². The zero-order valence-corrected chi connectivity index (χ0v) is 9.23. The first-order valence-corrected chi connectivity index (χ1v) is 5.59. The second kappa shape index (κ2) is 3.63. The van der Waals surface area contributed by atoms with Crippen molar-refractivity contribution in [3.05, 3.63) is 35.7 Å². The van der Waals surface area contributed by atoms with Gasteiger partial charge in [0.25, 0.3) is 5.82 Å². The number of aromatic nitrogens is 1. The number of furan rings is 1. The van der Waals surface area contributed by atoms with E-state index in [4.69, 9.17) is 15.4 Å². The van der Waals surface area contributed by atoms with Crippen molar-refractivity contribution in [2.45, 2.75) is 18.8 Å². The lowest BCUT2D eigenvalue weighted by atomic mass is 10.0. The number of H-pyrrole nitrogens is 1. The number of nitrogen functional groups attached to an aromatic ring is 1. The van der Waals surface area contributed by atoms with Crippen LogP contribution in [0, 0.1) is 11.3 Å². The van der Waals surface area contributed by atoms with Crippen molar-refractivity contribution in [1.82, 2.24) is 0 Å². The van der Waals surface area contributed by atoms with Crippen LogP contribution in [0.25, 0.3) is 11.3 Å². The molecule has 0 atom stereocenters. The highest BCUT2D eigenvalue weighted by Gasteiger charge is 2.29. The summed E-state index contributed by atoms with van der Waals surface area (Å²) in [6, 6.07) is 7.75. The Morgan fingerprint density at radius 3 is 2.88 bits per heavy atom. The molecule has 1 aliphatic carbocycles. The lowest BCUT2D eigenvalue weighted by Crippen LogP contribution is -2.18. The zero-order valence-electron chi connectivity index (χ0n) is 9.23. The van der Waals surface area contributed by atoms with Crippen LogP contribution in [0.4, 0.5) is 5.82 Å². The average molecular weight is 226 g/mol. The molecule has 1 fully saturated rings.